The summed E-state index contributed by atoms with van der Waals surface area (Å²) in [6, 6.07) is 11.6. The molecule has 43 heavy (non-hydrogen) atoms. The number of nitrogens with one attached hydrogen (secondary N) is 4. The van der Waals surface area contributed by atoms with Crippen LogP contribution in [0, 0.1) is 5.41 Å². The van der Waals surface area contributed by atoms with Gasteiger partial charge in [0, 0.05) is 24.0 Å². The molecule has 2 aromatic carbocycles. The average molecular weight is 590 g/mol. The van der Waals surface area contributed by atoms with Crippen LogP contribution in [0.2, 0.25) is 0 Å². The normalized spacial score (nSPS) is 17.2. The first-order valence-corrected chi connectivity index (χ1v) is 14.7. The lowest BCUT2D eigenvalue weighted by Gasteiger charge is -2.36. The standard InChI is InChI=1S/C32H43N7O4/c1-19(21-12-9-8-10-13-21)36-28-22-16-24(26(43-7)17-23(22)34-18-35-28)37-30(41)25-14-11-15-39(25)31(42)27(32(3,4)5)38-29(40)20(2)33-6/h8-10,12-13,16-20,25,27,33H,11,14-15H2,1-7H3,(H,37,41)(H,38,40)(H,34,35,36)/t19-,20-,25-,27+/m0/s1. The van der Waals surface area contributed by atoms with Crippen molar-refractivity contribution in [2.45, 2.75) is 71.6 Å². The summed E-state index contributed by atoms with van der Waals surface area (Å²) in [4.78, 5) is 50.7. The number of hydrogen-bond donors (Lipinski definition) is 4. The largest absolute Gasteiger partial charge is 0.494 e. The van der Waals surface area contributed by atoms with Crippen LogP contribution in [0.5, 0.6) is 5.75 Å². The number of carbonyl (C=O) groups excluding carboxylic acids is 3. The number of nitrogens with zero attached hydrogens (tertiary/aromatic N) is 3. The minimum Gasteiger partial charge on any atom is -0.494 e. The van der Waals surface area contributed by atoms with Crippen molar-refractivity contribution in [3.63, 3.8) is 0 Å². The smallest absolute Gasteiger partial charge is 0.247 e. The van der Waals surface area contributed by atoms with Crippen molar-refractivity contribution in [2.24, 2.45) is 5.41 Å². The monoisotopic (exact) mass is 589 g/mol. The summed E-state index contributed by atoms with van der Waals surface area (Å²) < 4.78 is 5.61. The molecular formula is C32H43N7O4. The summed E-state index contributed by atoms with van der Waals surface area (Å²) in [6.45, 7) is 9.91. The fraction of sp³-hybridized carbons (Fsp3) is 0.469. The van der Waals surface area contributed by atoms with Crippen LogP contribution < -0.4 is 26.0 Å². The highest BCUT2D eigenvalue weighted by atomic mass is 16.5. The summed E-state index contributed by atoms with van der Waals surface area (Å²) in [5, 5.41) is 13.0. The quantitative estimate of drug-likeness (QED) is 0.280. The number of methoxy groups -OCH3 is 1. The van der Waals surface area contributed by atoms with E-state index in [9.17, 15) is 14.4 Å². The summed E-state index contributed by atoms with van der Waals surface area (Å²) >= 11 is 0. The number of aromatic nitrogens is 2. The molecule has 1 aromatic heterocycles. The first kappa shape index (κ1) is 31.7. The molecular weight excluding hydrogens is 546 g/mol. The molecule has 0 spiro atoms. The highest BCUT2D eigenvalue weighted by Crippen LogP contribution is 2.34. The van der Waals surface area contributed by atoms with Gasteiger partial charge in [-0.05, 0) is 50.8 Å². The van der Waals surface area contributed by atoms with E-state index in [1.54, 1.807) is 31.0 Å². The van der Waals surface area contributed by atoms with Crippen LogP contribution in [0.15, 0.2) is 48.8 Å². The SMILES string of the molecule is CN[C@@H](C)C(=O)N[C@H](C(=O)N1CCC[C@H]1C(=O)Nc1cc2c(N[C@@H](C)c3ccccc3)ncnc2cc1OC)C(C)(C)C. The van der Waals surface area contributed by atoms with E-state index >= 15 is 0 Å². The number of fused-ring (bicyclic) bond motifs is 1. The second-order valence-electron chi connectivity index (χ2n) is 12.1. The van der Waals surface area contributed by atoms with E-state index in [4.69, 9.17) is 4.74 Å². The summed E-state index contributed by atoms with van der Waals surface area (Å²) in [6.07, 6.45) is 2.68. The number of carbonyl (C=O) groups is 3. The van der Waals surface area contributed by atoms with Crippen LogP contribution >= 0.6 is 0 Å². The molecule has 4 atom stereocenters. The summed E-state index contributed by atoms with van der Waals surface area (Å²) in [5.41, 5.74) is 1.65. The zero-order chi connectivity index (χ0) is 31.3. The van der Waals surface area contributed by atoms with E-state index in [0.717, 1.165) is 10.9 Å². The van der Waals surface area contributed by atoms with Crippen molar-refractivity contribution >= 4 is 40.1 Å². The maximum atomic E-state index is 13.8. The number of amides is 3. The third-order valence-electron chi connectivity index (χ3n) is 7.93. The van der Waals surface area contributed by atoms with Crippen LogP contribution in [0.25, 0.3) is 10.9 Å². The van der Waals surface area contributed by atoms with E-state index in [-0.39, 0.29) is 23.8 Å². The van der Waals surface area contributed by atoms with Crippen LogP contribution in [-0.2, 0) is 14.4 Å². The van der Waals surface area contributed by atoms with Crippen LogP contribution in [-0.4, -0.2) is 71.4 Å². The lowest BCUT2D eigenvalue weighted by atomic mass is 9.85. The van der Waals surface area contributed by atoms with Gasteiger partial charge in [-0.25, -0.2) is 9.97 Å². The highest BCUT2D eigenvalue weighted by Gasteiger charge is 2.42. The molecule has 0 saturated carbocycles. The Morgan fingerprint density at radius 2 is 1.79 bits per heavy atom. The van der Waals surface area contributed by atoms with Crippen molar-refractivity contribution in [2.75, 3.05) is 31.3 Å². The number of ether oxygens (including phenoxy) is 1. The molecule has 3 amide bonds. The van der Waals surface area contributed by atoms with Gasteiger partial charge in [0.15, 0.2) is 0 Å². The van der Waals surface area contributed by atoms with Gasteiger partial charge >= 0.3 is 0 Å². The van der Waals surface area contributed by atoms with Crippen molar-refractivity contribution in [3.05, 3.63) is 54.4 Å². The van der Waals surface area contributed by atoms with Crippen molar-refractivity contribution in [1.82, 2.24) is 25.5 Å². The second kappa shape index (κ2) is 13.4. The molecule has 1 aliphatic rings. The number of likely N-dealkylation sites (tertiary alicyclic amines) is 1. The molecule has 1 aliphatic heterocycles. The fourth-order valence-corrected chi connectivity index (χ4v) is 5.23. The van der Waals surface area contributed by atoms with E-state index in [2.05, 4.69) is 31.2 Å². The Bertz CT molecular complexity index is 1460. The number of likely N-dealkylation sites (N-methyl/N-ethyl adjacent to an activating group) is 1. The Balaban J connectivity index is 1.59. The van der Waals surface area contributed by atoms with Gasteiger partial charge in [-0.1, -0.05) is 51.1 Å². The van der Waals surface area contributed by atoms with Crippen LogP contribution in [0.1, 0.15) is 59.1 Å². The van der Waals surface area contributed by atoms with Crippen molar-refractivity contribution in [3.8, 4) is 5.75 Å². The molecule has 2 heterocycles. The maximum Gasteiger partial charge on any atom is 0.247 e. The lowest BCUT2D eigenvalue weighted by Crippen LogP contribution is -2.59. The summed E-state index contributed by atoms with van der Waals surface area (Å²) in [7, 11) is 3.22. The fourth-order valence-electron chi connectivity index (χ4n) is 5.23. The van der Waals surface area contributed by atoms with Crippen molar-refractivity contribution < 1.29 is 19.1 Å². The Morgan fingerprint density at radius 3 is 2.44 bits per heavy atom. The Morgan fingerprint density at radius 1 is 1.07 bits per heavy atom. The topological polar surface area (TPSA) is 138 Å². The molecule has 11 heteroatoms. The molecule has 0 aliphatic carbocycles. The van der Waals surface area contributed by atoms with Gasteiger partial charge in [-0.15, -0.1) is 0 Å². The average Bonchev–Trinajstić information content (AvgIpc) is 3.49. The molecule has 0 bridgehead atoms. The van der Waals surface area contributed by atoms with Gasteiger partial charge in [-0.2, -0.15) is 0 Å². The number of hydrogen-bond acceptors (Lipinski definition) is 8. The van der Waals surface area contributed by atoms with Gasteiger partial charge < -0.3 is 30.9 Å². The van der Waals surface area contributed by atoms with E-state index in [1.807, 2.05) is 58.0 Å². The molecule has 11 nitrogen and oxygen atoms in total. The first-order chi connectivity index (χ1) is 20.4. The third kappa shape index (κ3) is 7.22. The van der Waals surface area contributed by atoms with E-state index < -0.39 is 23.5 Å². The van der Waals surface area contributed by atoms with Gasteiger partial charge in [0.05, 0.1) is 24.4 Å². The van der Waals surface area contributed by atoms with Crippen molar-refractivity contribution in [1.29, 1.82) is 0 Å². The maximum absolute atomic E-state index is 13.8. The molecule has 230 valence electrons. The Kier molecular flexibility index (Phi) is 9.85. The van der Waals surface area contributed by atoms with Gasteiger partial charge in [0.25, 0.3) is 0 Å². The van der Waals surface area contributed by atoms with Crippen LogP contribution in [0.3, 0.4) is 0 Å². The Hall–Kier alpha value is -4.25. The molecule has 1 saturated heterocycles. The Labute approximate surface area is 253 Å². The minimum absolute atomic E-state index is 0.0233. The molecule has 3 aromatic rings. The highest BCUT2D eigenvalue weighted by molar-refractivity contribution is 6.03. The number of anilines is 2. The predicted molar refractivity (Wildman–Crippen MR) is 168 cm³/mol. The lowest BCUT2D eigenvalue weighted by molar-refractivity contribution is -0.143. The number of rotatable bonds is 10. The second-order valence-corrected chi connectivity index (χ2v) is 12.1. The van der Waals surface area contributed by atoms with Gasteiger partial charge in [-0.3, -0.25) is 14.4 Å². The van der Waals surface area contributed by atoms with E-state index in [0.29, 0.717) is 42.2 Å². The predicted octanol–water partition coefficient (Wildman–Crippen LogP) is 3.88. The molecule has 0 radical (unpaired) electrons. The number of benzene rings is 2. The van der Waals surface area contributed by atoms with E-state index in [1.165, 1.54) is 13.4 Å². The van der Waals surface area contributed by atoms with Crippen LogP contribution in [0.4, 0.5) is 11.5 Å². The third-order valence-corrected chi connectivity index (χ3v) is 7.93. The molecule has 1 fully saturated rings. The zero-order valence-electron chi connectivity index (χ0n) is 26.0. The molecule has 4 rings (SSSR count). The first-order valence-electron chi connectivity index (χ1n) is 14.7. The molecule has 0 unspecified atom stereocenters. The molecule has 4 N–H and O–H groups in total. The minimum atomic E-state index is -0.795. The van der Waals surface area contributed by atoms with Gasteiger partial charge in [0.1, 0.15) is 30.0 Å². The zero-order valence-corrected chi connectivity index (χ0v) is 26.0. The summed E-state index contributed by atoms with van der Waals surface area (Å²) in [5.74, 6) is 0.192. The van der Waals surface area contributed by atoms with Gasteiger partial charge in [0.2, 0.25) is 17.7 Å².